The van der Waals surface area contributed by atoms with E-state index in [1.807, 2.05) is 91.0 Å². The third-order valence-electron chi connectivity index (χ3n) is 4.88. The van der Waals surface area contributed by atoms with Crippen LogP contribution in [0.3, 0.4) is 0 Å². The van der Waals surface area contributed by atoms with Crippen molar-refractivity contribution in [2.24, 2.45) is 0 Å². The van der Waals surface area contributed by atoms with Crippen molar-refractivity contribution in [2.45, 2.75) is 0 Å². The third kappa shape index (κ3) is 3.32. The van der Waals surface area contributed by atoms with E-state index in [1.165, 1.54) is 0 Å². The quantitative estimate of drug-likeness (QED) is 0.440. The van der Waals surface area contributed by atoms with Gasteiger partial charge in [-0.2, -0.15) is 0 Å². The molecule has 4 nitrogen and oxygen atoms in total. The molecule has 0 bridgehead atoms. The number of benzene rings is 3. The summed E-state index contributed by atoms with van der Waals surface area (Å²) in [6.45, 7) is 0. The van der Waals surface area contributed by atoms with E-state index in [-0.39, 0.29) is 5.91 Å². The molecule has 0 fully saturated rings. The Balaban J connectivity index is 1.58. The molecule has 0 saturated carbocycles. The van der Waals surface area contributed by atoms with Crippen LogP contribution in [0.2, 0.25) is 0 Å². The molecule has 1 amide bonds. The monoisotopic (exact) mass is 375 g/mol. The molecule has 5 aromatic rings. The second-order valence-electron chi connectivity index (χ2n) is 6.81. The number of pyridine rings is 2. The Labute approximate surface area is 167 Å². The molecule has 3 aromatic carbocycles. The van der Waals surface area contributed by atoms with Crippen LogP contribution in [0.4, 0.5) is 5.69 Å². The summed E-state index contributed by atoms with van der Waals surface area (Å²) in [6.07, 6.45) is 1.68. The summed E-state index contributed by atoms with van der Waals surface area (Å²) in [4.78, 5) is 22.4. The number of nitrogens with zero attached hydrogens (tertiary/aromatic N) is 2. The van der Waals surface area contributed by atoms with Gasteiger partial charge in [-0.15, -0.1) is 0 Å². The van der Waals surface area contributed by atoms with Crippen molar-refractivity contribution < 1.29 is 4.79 Å². The van der Waals surface area contributed by atoms with Crippen LogP contribution in [0, 0.1) is 0 Å². The molecule has 4 heteroatoms. The van der Waals surface area contributed by atoms with Gasteiger partial charge < -0.3 is 5.32 Å². The summed E-state index contributed by atoms with van der Waals surface area (Å²) in [5.74, 6) is -0.183. The van der Waals surface area contributed by atoms with E-state index < -0.39 is 0 Å². The molecule has 0 atom stereocenters. The SMILES string of the molecule is O=C(Nc1cnc2ccccc2c1)c1cc(-c2ccccc2)nc2ccccc12. The van der Waals surface area contributed by atoms with Crippen LogP contribution in [0.5, 0.6) is 0 Å². The molecule has 0 radical (unpaired) electrons. The van der Waals surface area contributed by atoms with Crippen LogP contribution in [-0.2, 0) is 0 Å². The molecule has 2 aromatic heterocycles. The molecule has 0 aliphatic rings. The van der Waals surface area contributed by atoms with Crippen molar-refractivity contribution in [2.75, 3.05) is 5.32 Å². The summed E-state index contributed by atoms with van der Waals surface area (Å²) >= 11 is 0. The van der Waals surface area contributed by atoms with Crippen molar-refractivity contribution in [3.8, 4) is 11.3 Å². The predicted octanol–water partition coefficient (Wildman–Crippen LogP) is 5.70. The minimum Gasteiger partial charge on any atom is -0.321 e. The van der Waals surface area contributed by atoms with Crippen molar-refractivity contribution in [1.29, 1.82) is 0 Å². The summed E-state index contributed by atoms with van der Waals surface area (Å²) in [7, 11) is 0. The maximum atomic E-state index is 13.2. The topological polar surface area (TPSA) is 54.9 Å². The average Bonchev–Trinajstić information content (AvgIpc) is 2.79. The van der Waals surface area contributed by atoms with Gasteiger partial charge in [0, 0.05) is 16.3 Å². The zero-order chi connectivity index (χ0) is 19.6. The molecule has 0 aliphatic heterocycles. The molecule has 0 saturated heterocycles. The number of carbonyl (C=O) groups is 1. The number of nitrogens with one attached hydrogen (secondary N) is 1. The van der Waals surface area contributed by atoms with Gasteiger partial charge in [0.25, 0.3) is 5.91 Å². The van der Waals surface area contributed by atoms with E-state index in [2.05, 4.69) is 10.3 Å². The first-order valence-electron chi connectivity index (χ1n) is 9.39. The molecule has 1 N–H and O–H groups in total. The van der Waals surface area contributed by atoms with Crippen LogP contribution in [0.25, 0.3) is 33.1 Å². The molecule has 0 unspecified atom stereocenters. The van der Waals surface area contributed by atoms with Gasteiger partial charge in [-0.05, 0) is 24.3 Å². The zero-order valence-corrected chi connectivity index (χ0v) is 15.5. The van der Waals surface area contributed by atoms with Gasteiger partial charge in [0.2, 0.25) is 0 Å². The minimum atomic E-state index is -0.183. The van der Waals surface area contributed by atoms with Crippen molar-refractivity contribution in [3.05, 3.63) is 103 Å². The molecule has 2 heterocycles. The Morgan fingerprint density at radius 1 is 0.759 bits per heavy atom. The number of rotatable bonds is 3. The largest absolute Gasteiger partial charge is 0.321 e. The van der Waals surface area contributed by atoms with Gasteiger partial charge in [0.05, 0.1) is 34.2 Å². The van der Waals surface area contributed by atoms with Crippen molar-refractivity contribution in [3.63, 3.8) is 0 Å². The van der Waals surface area contributed by atoms with E-state index in [1.54, 1.807) is 6.20 Å². The molecule has 0 aliphatic carbocycles. The maximum absolute atomic E-state index is 13.2. The van der Waals surface area contributed by atoms with E-state index in [4.69, 9.17) is 4.98 Å². The highest BCUT2D eigenvalue weighted by molar-refractivity contribution is 6.13. The molecule has 29 heavy (non-hydrogen) atoms. The van der Waals surface area contributed by atoms with E-state index >= 15 is 0 Å². The van der Waals surface area contributed by atoms with E-state index in [0.717, 1.165) is 33.1 Å². The van der Waals surface area contributed by atoms with E-state index in [0.29, 0.717) is 11.3 Å². The smallest absolute Gasteiger partial charge is 0.256 e. The first-order chi connectivity index (χ1) is 14.3. The van der Waals surface area contributed by atoms with Crippen molar-refractivity contribution >= 4 is 33.4 Å². The molecular formula is C25H17N3O. The summed E-state index contributed by atoms with van der Waals surface area (Å²) < 4.78 is 0. The predicted molar refractivity (Wildman–Crippen MR) is 117 cm³/mol. The minimum absolute atomic E-state index is 0.183. The number of hydrogen-bond donors (Lipinski definition) is 1. The van der Waals surface area contributed by atoms with Gasteiger partial charge in [-0.3, -0.25) is 9.78 Å². The lowest BCUT2D eigenvalue weighted by molar-refractivity contribution is 0.102. The van der Waals surface area contributed by atoms with Gasteiger partial charge in [-0.25, -0.2) is 4.98 Å². The van der Waals surface area contributed by atoms with Gasteiger partial charge >= 0.3 is 0 Å². The number of carbonyl (C=O) groups excluding carboxylic acids is 1. The highest BCUT2D eigenvalue weighted by atomic mass is 16.1. The first-order valence-corrected chi connectivity index (χ1v) is 9.39. The van der Waals surface area contributed by atoms with Crippen LogP contribution in [-0.4, -0.2) is 15.9 Å². The fourth-order valence-electron chi connectivity index (χ4n) is 3.46. The van der Waals surface area contributed by atoms with Crippen LogP contribution >= 0.6 is 0 Å². The van der Waals surface area contributed by atoms with Gasteiger partial charge in [-0.1, -0.05) is 66.7 Å². The summed E-state index contributed by atoms with van der Waals surface area (Å²) in [5, 5.41) is 4.79. The van der Waals surface area contributed by atoms with Crippen LogP contribution < -0.4 is 5.32 Å². The molecule has 0 spiro atoms. The number of fused-ring (bicyclic) bond motifs is 2. The lowest BCUT2D eigenvalue weighted by Gasteiger charge is -2.11. The average molecular weight is 375 g/mol. The Morgan fingerprint density at radius 2 is 1.48 bits per heavy atom. The molecular weight excluding hydrogens is 358 g/mol. The third-order valence-corrected chi connectivity index (χ3v) is 4.88. The maximum Gasteiger partial charge on any atom is 0.256 e. The highest BCUT2D eigenvalue weighted by Crippen LogP contribution is 2.26. The molecule has 5 rings (SSSR count). The Hall–Kier alpha value is -4.05. The standard InChI is InChI=1S/C25H17N3O/c29-25(27-19-14-18-10-4-6-12-22(18)26-16-19)21-15-24(17-8-2-1-3-9-17)28-23-13-7-5-11-20(21)23/h1-16H,(H,27,29). The van der Waals surface area contributed by atoms with Crippen LogP contribution in [0.1, 0.15) is 10.4 Å². The second kappa shape index (κ2) is 7.17. The summed E-state index contributed by atoms with van der Waals surface area (Å²) in [5.41, 5.74) is 4.67. The number of hydrogen-bond acceptors (Lipinski definition) is 3. The van der Waals surface area contributed by atoms with Crippen molar-refractivity contribution in [1.82, 2.24) is 9.97 Å². The fraction of sp³-hybridized carbons (Fsp3) is 0. The number of amides is 1. The Morgan fingerprint density at radius 3 is 2.34 bits per heavy atom. The summed E-state index contributed by atoms with van der Waals surface area (Å²) in [6, 6.07) is 29.2. The Kier molecular flexibility index (Phi) is 4.22. The number of aromatic nitrogens is 2. The van der Waals surface area contributed by atoms with Gasteiger partial charge in [0.15, 0.2) is 0 Å². The number of para-hydroxylation sites is 2. The second-order valence-corrected chi connectivity index (χ2v) is 6.81. The zero-order valence-electron chi connectivity index (χ0n) is 15.5. The van der Waals surface area contributed by atoms with E-state index in [9.17, 15) is 4.79 Å². The lowest BCUT2D eigenvalue weighted by Crippen LogP contribution is -2.13. The Bertz CT molecular complexity index is 1350. The first kappa shape index (κ1) is 17.1. The lowest BCUT2D eigenvalue weighted by atomic mass is 10.0. The normalized spacial score (nSPS) is 10.9. The molecule has 138 valence electrons. The van der Waals surface area contributed by atoms with Gasteiger partial charge in [0.1, 0.15) is 0 Å². The fourth-order valence-corrected chi connectivity index (χ4v) is 3.46. The van der Waals surface area contributed by atoms with Crippen LogP contribution in [0.15, 0.2) is 97.2 Å². The highest BCUT2D eigenvalue weighted by Gasteiger charge is 2.14. The number of anilines is 1.